The first-order chi connectivity index (χ1) is 8.08. The predicted molar refractivity (Wildman–Crippen MR) is 66.4 cm³/mol. The van der Waals surface area contributed by atoms with E-state index in [9.17, 15) is 5.11 Å². The van der Waals surface area contributed by atoms with Gasteiger partial charge in [-0.2, -0.15) is 0 Å². The van der Waals surface area contributed by atoms with Gasteiger partial charge in [0.15, 0.2) is 0 Å². The van der Waals surface area contributed by atoms with Crippen molar-refractivity contribution in [2.45, 2.75) is 32.3 Å². The minimum Gasteiger partial charge on any atom is -0.496 e. The monoisotopic (exact) mass is 236 g/mol. The van der Waals surface area contributed by atoms with Crippen LogP contribution in [0, 0.1) is 13.8 Å². The Kier molecular flexibility index (Phi) is 3.40. The van der Waals surface area contributed by atoms with Gasteiger partial charge in [-0.3, -0.25) is 0 Å². The van der Waals surface area contributed by atoms with Crippen molar-refractivity contribution >= 4 is 0 Å². The van der Waals surface area contributed by atoms with Gasteiger partial charge in [-0.25, -0.2) is 0 Å². The molecule has 1 fully saturated rings. The summed E-state index contributed by atoms with van der Waals surface area (Å²) in [6, 6.07) is 3.98. The minimum absolute atomic E-state index is 0.353. The van der Waals surface area contributed by atoms with Crippen LogP contribution >= 0.6 is 0 Å². The smallest absolute Gasteiger partial charge is 0.128 e. The van der Waals surface area contributed by atoms with E-state index in [0.29, 0.717) is 6.61 Å². The van der Waals surface area contributed by atoms with Crippen molar-refractivity contribution in [2.24, 2.45) is 0 Å². The Hall–Kier alpha value is -1.06. The zero-order chi connectivity index (χ0) is 12.5. The molecule has 0 bridgehead atoms. The lowest BCUT2D eigenvalue weighted by Crippen LogP contribution is -2.36. The van der Waals surface area contributed by atoms with Crippen LogP contribution < -0.4 is 4.74 Å². The first kappa shape index (κ1) is 12.4. The molecule has 0 saturated carbocycles. The van der Waals surface area contributed by atoms with Crippen LogP contribution in [0.5, 0.6) is 5.75 Å². The lowest BCUT2D eigenvalue weighted by atomic mass is 9.86. The molecular weight excluding hydrogens is 216 g/mol. The van der Waals surface area contributed by atoms with Crippen LogP contribution in [0.3, 0.4) is 0 Å². The first-order valence-electron chi connectivity index (χ1n) is 6.03. The van der Waals surface area contributed by atoms with Crippen molar-refractivity contribution in [1.29, 1.82) is 0 Å². The van der Waals surface area contributed by atoms with Crippen LogP contribution in [0.25, 0.3) is 0 Å². The van der Waals surface area contributed by atoms with E-state index in [1.807, 2.05) is 26.0 Å². The largest absolute Gasteiger partial charge is 0.496 e. The molecular formula is C14H20O3. The summed E-state index contributed by atoms with van der Waals surface area (Å²) in [7, 11) is 1.65. The SMILES string of the molecule is COc1c(C2(O)CCCOC2)ccc(C)c1C. The Morgan fingerprint density at radius 1 is 1.35 bits per heavy atom. The molecule has 94 valence electrons. The molecule has 1 unspecified atom stereocenters. The van der Waals surface area contributed by atoms with Crippen LogP contribution in [0.1, 0.15) is 29.5 Å². The molecule has 1 N–H and O–H groups in total. The third-order valence-corrected chi connectivity index (χ3v) is 3.60. The summed E-state index contributed by atoms with van der Waals surface area (Å²) in [5.74, 6) is 0.790. The summed E-state index contributed by atoms with van der Waals surface area (Å²) >= 11 is 0. The number of hydrogen-bond donors (Lipinski definition) is 1. The lowest BCUT2D eigenvalue weighted by Gasteiger charge is -2.34. The van der Waals surface area contributed by atoms with Crippen LogP contribution in [-0.4, -0.2) is 25.4 Å². The highest BCUT2D eigenvalue weighted by atomic mass is 16.5. The Balaban J connectivity index is 2.47. The highest BCUT2D eigenvalue weighted by Crippen LogP contribution is 2.38. The molecule has 3 heteroatoms. The van der Waals surface area contributed by atoms with Crippen molar-refractivity contribution in [2.75, 3.05) is 20.3 Å². The maximum Gasteiger partial charge on any atom is 0.128 e. The normalized spacial score (nSPS) is 24.7. The molecule has 0 aromatic heterocycles. The molecule has 1 heterocycles. The lowest BCUT2D eigenvalue weighted by molar-refractivity contribution is -0.0912. The average molecular weight is 236 g/mol. The van der Waals surface area contributed by atoms with Crippen LogP contribution in [0.4, 0.5) is 0 Å². The fourth-order valence-corrected chi connectivity index (χ4v) is 2.41. The van der Waals surface area contributed by atoms with E-state index in [-0.39, 0.29) is 0 Å². The number of aryl methyl sites for hydroxylation is 1. The molecule has 2 rings (SSSR count). The molecule has 0 amide bonds. The number of rotatable bonds is 2. The number of aliphatic hydroxyl groups is 1. The molecule has 1 saturated heterocycles. The molecule has 1 aromatic rings. The summed E-state index contributed by atoms with van der Waals surface area (Å²) in [5, 5.41) is 10.7. The third kappa shape index (κ3) is 2.17. The van der Waals surface area contributed by atoms with Gasteiger partial charge in [0, 0.05) is 12.2 Å². The van der Waals surface area contributed by atoms with Gasteiger partial charge in [-0.05, 0) is 37.8 Å². The Morgan fingerprint density at radius 3 is 2.71 bits per heavy atom. The predicted octanol–water partition coefficient (Wildman–Crippen LogP) is 2.31. The van der Waals surface area contributed by atoms with E-state index in [0.717, 1.165) is 36.3 Å². The molecule has 1 aliphatic rings. The van der Waals surface area contributed by atoms with Gasteiger partial charge >= 0.3 is 0 Å². The number of hydrogen-bond acceptors (Lipinski definition) is 3. The van der Waals surface area contributed by atoms with Crippen molar-refractivity contribution in [3.05, 3.63) is 28.8 Å². The van der Waals surface area contributed by atoms with E-state index in [1.54, 1.807) is 7.11 Å². The number of methoxy groups -OCH3 is 1. The van der Waals surface area contributed by atoms with Crippen molar-refractivity contribution < 1.29 is 14.6 Å². The average Bonchev–Trinajstić information content (AvgIpc) is 2.33. The summed E-state index contributed by atoms with van der Waals surface area (Å²) in [5.41, 5.74) is 2.21. The van der Waals surface area contributed by atoms with Crippen LogP contribution in [-0.2, 0) is 10.3 Å². The van der Waals surface area contributed by atoms with Gasteiger partial charge in [-0.1, -0.05) is 12.1 Å². The highest BCUT2D eigenvalue weighted by molar-refractivity contribution is 5.48. The van der Waals surface area contributed by atoms with Crippen molar-refractivity contribution in [3.8, 4) is 5.75 Å². The molecule has 17 heavy (non-hydrogen) atoms. The van der Waals surface area contributed by atoms with E-state index in [1.165, 1.54) is 5.56 Å². The van der Waals surface area contributed by atoms with Crippen molar-refractivity contribution in [1.82, 2.24) is 0 Å². The number of ether oxygens (including phenoxy) is 2. The second-order valence-corrected chi connectivity index (χ2v) is 4.78. The van der Waals surface area contributed by atoms with Gasteiger partial charge in [0.1, 0.15) is 11.4 Å². The quantitative estimate of drug-likeness (QED) is 0.856. The van der Waals surface area contributed by atoms with Gasteiger partial charge in [0.25, 0.3) is 0 Å². The topological polar surface area (TPSA) is 38.7 Å². The van der Waals surface area contributed by atoms with E-state index in [4.69, 9.17) is 9.47 Å². The van der Waals surface area contributed by atoms with Crippen LogP contribution in [0.2, 0.25) is 0 Å². The molecule has 0 spiro atoms. The van der Waals surface area contributed by atoms with E-state index < -0.39 is 5.60 Å². The maximum atomic E-state index is 10.7. The van der Waals surface area contributed by atoms with Crippen LogP contribution in [0.15, 0.2) is 12.1 Å². The van der Waals surface area contributed by atoms with E-state index in [2.05, 4.69) is 0 Å². The fourth-order valence-electron chi connectivity index (χ4n) is 2.41. The maximum absolute atomic E-state index is 10.7. The standard InChI is InChI=1S/C14H20O3/c1-10-5-6-12(13(16-3)11(10)2)14(15)7-4-8-17-9-14/h5-6,15H,4,7-9H2,1-3H3. The Bertz CT molecular complexity index is 406. The molecule has 3 nitrogen and oxygen atoms in total. The van der Waals surface area contributed by atoms with Gasteiger partial charge in [0.05, 0.1) is 13.7 Å². The Labute approximate surface area is 102 Å². The molecule has 1 aliphatic heterocycles. The molecule has 1 aromatic carbocycles. The minimum atomic E-state index is -0.901. The second-order valence-electron chi connectivity index (χ2n) is 4.78. The summed E-state index contributed by atoms with van der Waals surface area (Å²) in [6.07, 6.45) is 1.61. The van der Waals surface area contributed by atoms with E-state index >= 15 is 0 Å². The van der Waals surface area contributed by atoms with Gasteiger partial charge in [-0.15, -0.1) is 0 Å². The number of benzene rings is 1. The molecule has 1 atom stereocenters. The second kappa shape index (κ2) is 4.67. The summed E-state index contributed by atoms with van der Waals surface area (Å²) < 4.78 is 10.9. The molecule has 0 radical (unpaired) electrons. The van der Waals surface area contributed by atoms with Gasteiger partial charge in [0.2, 0.25) is 0 Å². The highest BCUT2D eigenvalue weighted by Gasteiger charge is 2.35. The third-order valence-electron chi connectivity index (χ3n) is 3.60. The zero-order valence-electron chi connectivity index (χ0n) is 10.7. The summed E-state index contributed by atoms with van der Waals surface area (Å²) in [4.78, 5) is 0. The Morgan fingerprint density at radius 2 is 2.12 bits per heavy atom. The fraction of sp³-hybridized carbons (Fsp3) is 0.571. The molecule has 0 aliphatic carbocycles. The first-order valence-corrected chi connectivity index (χ1v) is 6.03. The zero-order valence-corrected chi connectivity index (χ0v) is 10.7. The van der Waals surface area contributed by atoms with Gasteiger partial charge < -0.3 is 14.6 Å². The van der Waals surface area contributed by atoms with Crippen molar-refractivity contribution in [3.63, 3.8) is 0 Å². The summed E-state index contributed by atoms with van der Waals surface area (Å²) in [6.45, 7) is 5.15.